The molecule has 3 aromatic rings. The summed E-state index contributed by atoms with van der Waals surface area (Å²) in [6.45, 7) is 0. The maximum Gasteiger partial charge on any atom is 0.339 e. The predicted octanol–water partition coefficient (Wildman–Crippen LogP) is 3.91. The molecule has 0 radical (unpaired) electrons. The van der Waals surface area contributed by atoms with E-state index in [9.17, 15) is 9.90 Å². The molecule has 20 heavy (non-hydrogen) atoms. The van der Waals surface area contributed by atoms with Crippen molar-refractivity contribution in [3.63, 3.8) is 0 Å². The highest BCUT2D eigenvalue weighted by Gasteiger charge is 2.10. The van der Waals surface area contributed by atoms with Gasteiger partial charge in [-0.3, -0.25) is 0 Å². The highest BCUT2D eigenvalue weighted by Crippen LogP contribution is 2.28. The first-order chi connectivity index (χ1) is 9.65. The Balaban J connectivity index is 2.11. The van der Waals surface area contributed by atoms with Gasteiger partial charge in [0.2, 0.25) is 0 Å². The summed E-state index contributed by atoms with van der Waals surface area (Å²) < 4.78 is 0. The van der Waals surface area contributed by atoms with Gasteiger partial charge in [0.05, 0.1) is 0 Å². The lowest BCUT2D eigenvalue weighted by molar-refractivity contribution is 0.0694. The van der Waals surface area contributed by atoms with E-state index in [2.05, 4.69) is 0 Å². The molecule has 3 rings (SSSR count). The third-order valence-corrected chi connectivity index (χ3v) is 3.31. The van der Waals surface area contributed by atoms with E-state index in [0.29, 0.717) is 0 Å². The molecule has 3 nitrogen and oxygen atoms in total. The quantitative estimate of drug-likeness (QED) is 0.737. The van der Waals surface area contributed by atoms with E-state index in [4.69, 9.17) is 5.11 Å². The molecule has 0 aromatic heterocycles. The fourth-order valence-electron chi connectivity index (χ4n) is 2.26. The average molecular weight is 264 g/mol. The Morgan fingerprint density at radius 1 is 0.800 bits per heavy atom. The number of rotatable bonds is 2. The second kappa shape index (κ2) is 4.70. The molecule has 2 N–H and O–H groups in total. The average Bonchev–Trinajstić information content (AvgIpc) is 2.46. The summed E-state index contributed by atoms with van der Waals surface area (Å²) in [7, 11) is 0. The van der Waals surface area contributed by atoms with E-state index in [0.717, 1.165) is 21.9 Å². The highest BCUT2D eigenvalue weighted by molar-refractivity contribution is 5.92. The fraction of sp³-hybridized carbons (Fsp3) is 0. The first kappa shape index (κ1) is 12.2. The molecule has 0 fully saturated rings. The lowest BCUT2D eigenvalue weighted by atomic mass is 10.00. The second-order valence-electron chi connectivity index (χ2n) is 4.60. The number of carboxylic acids is 1. The summed E-state index contributed by atoms with van der Waals surface area (Å²) >= 11 is 0. The smallest absolute Gasteiger partial charge is 0.339 e. The summed E-state index contributed by atoms with van der Waals surface area (Å²) in [6, 6.07) is 18.6. The zero-order chi connectivity index (χ0) is 14.1. The van der Waals surface area contributed by atoms with Crippen molar-refractivity contribution in [2.24, 2.45) is 0 Å². The summed E-state index contributed by atoms with van der Waals surface area (Å²) in [4.78, 5) is 10.9. The van der Waals surface area contributed by atoms with Crippen LogP contribution in [-0.2, 0) is 0 Å². The molecular formula is C17H12O3. The lowest BCUT2D eigenvalue weighted by Crippen LogP contribution is -1.96. The van der Waals surface area contributed by atoms with Crippen LogP contribution in [-0.4, -0.2) is 16.2 Å². The topological polar surface area (TPSA) is 57.5 Å². The number of carbonyl (C=O) groups is 1. The van der Waals surface area contributed by atoms with Crippen LogP contribution in [0.15, 0.2) is 60.7 Å². The van der Waals surface area contributed by atoms with Crippen molar-refractivity contribution < 1.29 is 15.0 Å². The van der Waals surface area contributed by atoms with Crippen molar-refractivity contribution in [2.75, 3.05) is 0 Å². The van der Waals surface area contributed by atoms with Crippen molar-refractivity contribution in [2.45, 2.75) is 0 Å². The van der Waals surface area contributed by atoms with E-state index >= 15 is 0 Å². The van der Waals surface area contributed by atoms with Crippen LogP contribution in [0.1, 0.15) is 10.4 Å². The number of aromatic carboxylic acids is 1. The number of benzene rings is 3. The maximum absolute atomic E-state index is 10.9. The second-order valence-corrected chi connectivity index (χ2v) is 4.60. The lowest BCUT2D eigenvalue weighted by Gasteiger charge is -2.06. The first-order valence-electron chi connectivity index (χ1n) is 6.20. The number of hydrogen-bond donors (Lipinski definition) is 2. The van der Waals surface area contributed by atoms with Gasteiger partial charge in [0.25, 0.3) is 0 Å². The minimum absolute atomic E-state index is 0.0884. The normalized spacial score (nSPS) is 10.6. The van der Waals surface area contributed by atoms with Crippen LogP contribution >= 0.6 is 0 Å². The van der Waals surface area contributed by atoms with Crippen LogP contribution in [0, 0.1) is 0 Å². The number of carboxylic acid groups (broad SMARTS) is 1. The summed E-state index contributed by atoms with van der Waals surface area (Å²) in [5.41, 5.74) is 1.64. The zero-order valence-corrected chi connectivity index (χ0v) is 10.6. The van der Waals surface area contributed by atoms with Gasteiger partial charge in [0.1, 0.15) is 11.3 Å². The van der Waals surface area contributed by atoms with E-state index in [1.165, 1.54) is 12.1 Å². The van der Waals surface area contributed by atoms with Crippen molar-refractivity contribution in [1.82, 2.24) is 0 Å². The number of phenols is 1. The van der Waals surface area contributed by atoms with Gasteiger partial charge >= 0.3 is 5.97 Å². The monoisotopic (exact) mass is 264 g/mol. The van der Waals surface area contributed by atoms with Gasteiger partial charge in [-0.15, -0.1) is 0 Å². The zero-order valence-electron chi connectivity index (χ0n) is 10.6. The molecule has 0 spiro atoms. The van der Waals surface area contributed by atoms with Crippen molar-refractivity contribution in [3.8, 4) is 16.9 Å². The largest absolute Gasteiger partial charge is 0.507 e. The minimum atomic E-state index is -1.13. The van der Waals surface area contributed by atoms with Crippen LogP contribution in [0.3, 0.4) is 0 Å². The van der Waals surface area contributed by atoms with Gasteiger partial charge < -0.3 is 10.2 Å². The third-order valence-electron chi connectivity index (χ3n) is 3.31. The van der Waals surface area contributed by atoms with Crippen molar-refractivity contribution in [3.05, 3.63) is 66.2 Å². The molecular weight excluding hydrogens is 252 g/mol. The third kappa shape index (κ3) is 2.10. The summed E-state index contributed by atoms with van der Waals surface area (Å²) in [5.74, 6) is -1.35. The van der Waals surface area contributed by atoms with Crippen molar-refractivity contribution in [1.29, 1.82) is 0 Å². The molecule has 0 bridgehead atoms. The fourth-order valence-corrected chi connectivity index (χ4v) is 2.26. The van der Waals surface area contributed by atoms with Gasteiger partial charge in [-0.1, -0.05) is 42.5 Å². The Labute approximate surface area is 115 Å². The van der Waals surface area contributed by atoms with Crippen LogP contribution in [0.2, 0.25) is 0 Å². The van der Waals surface area contributed by atoms with Gasteiger partial charge in [0, 0.05) is 0 Å². The molecule has 0 unspecified atom stereocenters. The van der Waals surface area contributed by atoms with Crippen LogP contribution in [0.25, 0.3) is 21.9 Å². The SMILES string of the molecule is O=C(O)c1ccc(-c2ccc3ccccc3c2)cc1O. The Hall–Kier alpha value is -2.81. The van der Waals surface area contributed by atoms with Crippen LogP contribution < -0.4 is 0 Å². The van der Waals surface area contributed by atoms with Gasteiger partial charge in [0.15, 0.2) is 0 Å². The maximum atomic E-state index is 10.9. The summed E-state index contributed by atoms with van der Waals surface area (Å²) in [6.07, 6.45) is 0. The number of aromatic hydroxyl groups is 1. The Bertz CT molecular complexity index is 806. The Kier molecular flexibility index (Phi) is 2.88. The molecule has 0 aliphatic heterocycles. The molecule has 0 saturated carbocycles. The predicted molar refractivity (Wildman–Crippen MR) is 78.0 cm³/mol. The summed E-state index contributed by atoms with van der Waals surface area (Å²) in [5, 5.41) is 20.9. The molecule has 0 amide bonds. The molecule has 0 heterocycles. The van der Waals surface area contributed by atoms with Crippen molar-refractivity contribution >= 4 is 16.7 Å². The van der Waals surface area contributed by atoms with Gasteiger partial charge in [-0.2, -0.15) is 0 Å². The Morgan fingerprint density at radius 2 is 1.45 bits per heavy atom. The number of fused-ring (bicyclic) bond motifs is 1. The van der Waals surface area contributed by atoms with Crippen LogP contribution in [0.5, 0.6) is 5.75 Å². The van der Waals surface area contributed by atoms with E-state index in [1.807, 2.05) is 42.5 Å². The molecule has 0 aliphatic rings. The van der Waals surface area contributed by atoms with E-state index in [-0.39, 0.29) is 11.3 Å². The molecule has 0 aliphatic carbocycles. The Morgan fingerprint density at radius 3 is 2.15 bits per heavy atom. The van der Waals surface area contributed by atoms with E-state index in [1.54, 1.807) is 6.07 Å². The molecule has 3 aromatic carbocycles. The first-order valence-corrected chi connectivity index (χ1v) is 6.20. The van der Waals surface area contributed by atoms with E-state index < -0.39 is 5.97 Å². The number of hydrogen-bond acceptors (Lipinski definition) is 2. The molecule has 3 heteroatoms. The standard InChI is InChI=1S/C17H12O3/c18-16-10-14(7-8-15(16)17(19)20)13-6-5-11-3-1-2-4-12(11)9-13/h1-10,18H,(H,19,20). The minimum Gasteiger partial charge on any atom is -0.507 e. The van der Waals surface area contributed by atoms with Crippen LogP contribution in [0.4, 0.5) is 0 Å². The molecule has 0 saturated heterocycles. The van der Waals surface area contributed by atoms with Gasteiger partial charge in [-0.25, -0.2) is 4.79 Å². The molecule has 0 atom stereocenters. The highest BCUT2D eigenvalue weighted by atomic mass is 16.4. The molecule has 98 valence electrons. The van der Waals surface area contributed by atoms with Gasteiger partial charge in [-0.05, 0) is 40.1 Å².